The van der Waals surface area contributed by atoms with Crippen LogP contribution in [0.5, 0.6) is 0 Å². The van der Waals surface area contributed by atoms with Gasteiger partial charge in [-0.05, 0) is 41.5 Å². The van der Waals surface area contributed by atoms with Gasteiger partial charge in [0.25, 0.3) is 0 Å². The zero-order valence-corrected chi connectivity index (χ0v) is 10.4. The van der Waals surface area contributed by atoms with Crippen molar-refractivity contribution in [1.29, 1.82) is 0 Å². The Kier molecular flexibility index (Phi) is 2.74. The minimum absolute atomic E-state index is 0.270. The van der Waals surface area contributed by atoms with Crippen molar-refractivity contribution in [2.75, 3.05) is 6.54 Å². The summed E-state index contributed by atoms with van der Waals surface area (Å²) in [6.07, 6.45) is 0. The Hall–Kier alpha value is -0.240. The summed E-state index contributed by atoms with van der Waals surface area (Å²) in [5.41, 5.74) is 7.20. The molecule has 82 valence electrons. The number of hydrogen-bond donors (Lipinski definition) is 1. The van der Waals surface area contributed by atoms with Crippen molar-refractivity contribution in [2.45, 2.75) is 19.8 Å². The number of halogens is 2. The molecule has 2 atom stereocenters. The van der Waals surface area contributed by atoms with Crippen LogP contribution in [0.2, 0.25) is 10.0 Å². The van der Waals surface area contributed by atoms with E-state index in [1.165, 1.54) is 5.56 Å². The first-order valence-electron chi connectivity index (χ1n) is 5.13. The van der Waals surface area contributed by atoms with Crippen molar-refractivity contribution in [3.8, 4) is 0 Å². The molecule has 0 aliphatic heterocycles. The van der Waals surface area contributed by atoms with Crippen LogP contribution in [-0.4, -0.2) is 6.54 Å². The molecule has 1 aliphatic rings. The van der Waals surface area contributed by atoms with Gasteiger partial charge in [0, 0.05) is 10.0 Å². The molecule has 1 aliphatic carbocycles. The molecule has 3 heteroatoms. The van der Waals surface area contributed by atoms with Crippen LogP contribution < -0.4 is 5.73 Å². The number of rotatable bonds is 2. The van der Waals surface area contributed by atoms with Crippen LogP contribution >= 0.6 is 23.2 Å². The Bertz CT molecular complexity index is 387. The minimum Gasteiger partial charge on any atom is -0.330 e. The summed E-state index contributed by atoms with van der Waals surface area (Å²) in [5.74, 6) is 1.02. The summed E-state index contributed by atoms with van der Waals surface area (Å²) in [6.45, 7) is 5.19. The molecule has 0 spiro atoms. The molecule has 1 saturated carbocycles. The lowest BCUT2D eigenvalue weighted by Crippen LogP contribution is -2.05. The lowest BCUT2D eigenvalue weighted by atomic mass is 10.0. The molecule has 1 aromatic rings. The van der Waals surface area contributed by atoms with Gasteiger partial charge >= 0.3 is 0 Å². The van der Waals surface area contributed by atoms with E-state index in [0.717, 1.165) is 11.6 Å². The molecule has 0 aromatic heterocycles. The van der Waals surface area contributed by atoms with Gasteiger partial charge in [-0.1, -0.05) is 43.1 Å². The summed E-state index contributed by atoms with van der Waals surface area (Å²) in [5, 5.41) is 1.45. The molecule has 2 N–H and O–H groups in total. The van der Waals surface area contributed by atoms with Crippen molar-refractivity contribution in [1.82, 2.24) is 0 Å². The second-order valence-corrected chi connectivity index (χ2v) is 5.65. The number of hydrogen-bond acceptors (Lipinski definition) is 1. The normalized spacial score (nSPS) is 27.8. The molecule has 0 radical (unpaired) electrons. The fraction of sp³-hybridized carbons (Fsp3) is 0.500. The van der Waals surface area contributed by atoms with E-state index >= 15 is 0 Å². The van der Waals surface area contributed by atoms with Crippen LogP contribution in [0.4, 0.5) is 0 Å². The van der Waals surface area contributed by atoms with Crippen LogP contribution in [-0.2, 0) is 0 Å². The molecule has 1 fully saturated rings. The topological polar surface area (TPSA) is 26.0 Å². The Morgan fingerprint density at radius 3 is 2.47 bits per heavy atom. The zero-order chi connectivity index (χ0) is 11.2. The van der Waals surface area contributed by atoms with Crippen LogP contribution in [0.15, 0.2) is 18.2 Å². The molecular weight excluding hydrogens is 229 g/mol. The van der Waals surface area contributed by atoms with Gasteiger partial charge in [0.05, 0.1) is 0 Å². The Labute approximate surface area is 101 Å². The van der Waals surface area contributed by atoms with Crippen LogP contribution in [0.1, 0.15) is 25.3 Å². The maximum atomic E-state index is 6.19. The fourth-order valence-corrected chi connectivity index (χ4v) is 3.08. The second kappa shape index (κ2) is 3.65. The molecule has 0 amide bonds. The van der Waals surface area contributed by atoms with Gasteiger partial charge in [-0.3, -0.25) is 0 Å². The van der Waals surface area contributed by atoms with Gasteiger partial charge < -0.3 is 5.73 Å². The van der Waals surface area contributed by atoms with Crippen molar-refractivity contribution in [2.24, 2.45) is 17.1 Å². The molecule has 15 heavy (non-hydrogen) atoms. The summed E-state index contributed by atoms with van der Waals surface area (Å²) in [4.78, 5) is 0. The van der Waals surface area contributed by atoms with Crippen molar-refractivity contribution in [3.63, 3.8) is 0 Å². The lowest BCUT2D eigenvalue weighted by molar-refractivity contribution is 0.558. The Morgan fingerprint density at radius 2 is 2.00 bits per heavy atom. The third-order valence-electron chi connectivity index (χ3n) is 3.60. The Morgan fingerprint density at radius 1 is 1.33 bits per heavy atom. The first kappa shape index (κ1) is 11.3. The molecule has 0 unspecified atom stereocenters. The third kappa shape index (κ3) is 1.77. The highest BCUT2D eigenvalue weighted by molar-refractivity contribution is 6.35. The quantitative estimate of drug-likeness (QED) is 0.843. The number of nitrogens with two attached hydrogens (primary N) is 1. The molecule has 1 nitrogen and oxygen atoms in total. The largest absolute Gasteiger partial charge is 0.330 e. The molecule has 1 aromatic carbocycles. The summed E-state index contributed by atoms with van der Waals surface area (Å²) >= 11 is 12.1. The van der Waals surface area contributed by atoms with Crippen molar-refractivity contribution < 1.29 is 0 Å². The van der Waals surface area contributed by atoms with Crippen molar-refractivity contribution >= 4 is 23.2 Å². The summed E-state index contributed by atoms with van der Waals surface area (Å²) < 4.78 is 0. The smallest absolute Gasteiger partial charge is 0.0455 e. The van der Waals surface area contributed by atoms with Crippen molar-refractivity contribution in [3.05, 3.63) is 33.8 Å². The standard InChI is InChI=1S/C12H15Cl2N/c1-12(2)9(6-15)11(12)8-4-3-7(13)5-10(8)14/h3-5,9,11H,6,15H2,1-2H3/t9-,11-/m0/s1. The van der Waals surface area contributed by atoms with Gasteiger partial charge in [0.1, 0.15) is 0 Å². The third-order valence-corrected chi connectivity index (χ3v) is 4.16. The van der Waals surface area contributed by atoms with Gasteiger partial charge in [0.2, 0.25) is 0 Å². The van der Waals surface area contributed by atoms with E-state index in [-0.39, 0.29) is 5.41 Å². The van der Waals surface area contributed by atoms with E-state index in [1.807, 2.05) is 12.1 Å². The van der Waals surface area contributed by atoms with E-state index in [4.69, 9.17) is 28.9 Å². The molecule has 0 bridgehead atoms. The van der Waals surface area contributed by atoms with Gasteiger partial charge in [0.15, 0.2) is 0 Å². The predicted octanol–water partition coefficient (Wildman–Crippen LogP) is 3.69. The molecular formula is C12H15Cl2N. The van der Waals surface area contributed by atoms with Gasteiger partial charge in [-0.2, -0.15) is 0 Å². The van der Waals surface area contributed by atoms with Crippen LogP contribution in [0.3, 0.4) is 0 Å². The average Bonchev–Trinajstić information content (AvgIpc) is 2.68. The average molecular weight is 244 g/mol. The summed E-state index contributed by atoms with van der Waals surface area (Å²) in [6, 6.07) is 5.72. The number of benzene rings is 1. The molecule has 0 heterocycles. The van der Waals surface area contributed by atoms with Gasteiger partial charge in [-0.25, -0.2) is 0 Å². The Balaban J connectivity index is 2.33. The highest BCUT2D eigenvalue weighted by Gasteiger charge is 2.57. The van der Waals surface area contributed by atoms with E-state index in [1.54, 1.807) is 6.07 Å². The minimum atomic E-state index is 0.270. The van der Waals surface area contributed by atoms with E-state index in [2.05, 4.69) is 13.8 Å². The van der Waals surface area contributed by atoms with Gasteiger partial charge in [-0.15, -0.1) is 0 Å². The zero-order valence-electron chi connectivity index (χ0n) is 8.93. The van der Waals surface area contributed by atoms with Crippen LogP contribution in [0, 0.1) is 11.3 Å². The molecule has 2 rings (SSSR count). The maximum Gasteiger partial charge on any atom is 0.0455 e. The highest BCUT2D eigenvalue weighted by Crippen LogP contribution is 2.64. The van der Waals surface area contributed by atoms with E-state index in [9.17, 15) is 0 Å². The highest BCUT2D eigenvalue weighted by atomic mass is 35.5. The summed E-state index contributed by atoms with van der Waals surface area (Å²) in [7, 11) is 0. The first-order chi connectivity index (χ1) is 6.98. The van der Waals surface area contributed by atoms with E-state index < -0.39 is 0 Å². The molecule has 0 saturated heterocycles. The second-order valence-electron chi connectivity index (χ2n) is 4.81. The fourth-order valence-electron chi connectivity index (χ4n) is 2.56. The van der Waals surface area contributed by atoms with E-state index in [0.29, 0.717) is 16.9 Å². The lowest BCUT2D eigenvalue weighted by Gasteiger charge is -2.05. The first-order valence-corrected chi connectivity index (χ1v) is 5.89. The SMILES string of the molecule is CC1(C)[C@@H](CN)[C@@H]1c1ccc(Cl)cc1Cl. The maximum absolute atomic E-state index is 6.19. The van der Waals surface area contributed by atoms with Crippen LogP contribution in [0.25, 0.3) is 0 Å². The predicted molar refractivity (Wildman–Crippen MR) is 65.5 cm³/mol. The monoisotopic (exact) mass is 243 g/mol.